The number of nitrogens with zero attached hydrogens (tertiary/aromatic N) is 5. The number of fused-ring (bicyclic) bond motifs is 1. The van der Waals surface area contributed by atoms with Crippen molar-refractivity contribution in [3.05, 3.63) is 75.9 Å². The van der Waals surface area contributed by atoms with E-state index < -0.39 is 6.17 Å². The summed E-state index contributed by atoms with van der Waals surface area (Å²) in [6.45, 7) is 4.07. The molecule has 0 amide bonds. The Morgan fingerprint density at radius 2 is 2.03 bits per heavy atom. The summed E-state index contributed by atoms with van der Waals surface area (Å²) in [6, 6.07) is 8.65. The van der Waals surface area contributed by atoms with Crippen LogP contribution in [0.15, 0.2) is 54.1 Å². The summed E-state index contributed by atoms with van der Waals surface area (Å²) in [4.78, 5) is 18.0. The Hall–Kier alpha value is -3.92. The van der Waals surface area contributed by atoms with Gasteiger partial charge in [-0.15, -0.1) is 5.10 Å². The van der Waals surface area contributed by atoms with Crippen molar-refractivity contribution in [1.29, 1.82) is 0 Å². The molecule has 2 atom stereocenters. The number of hydrogen-bond acceptors (Lipinski definition) is 7. The van der Waals surface area contributed by atoms with E-state index in [1.165, 1.54) is 10.8 Å². The van der Waals surface area contributed by atoms with Crippen LogP contribution in [0.25, 0.3) is 17.2 Å². The third kappa shape index (κ3) is 4.17. The number of anilines is 3. The van der Waals surface area contributed by atoms with Gasteiger partial charge in [0, 0.05) is 49.1 Å². The lowest BCUT2D eigenvalue weighted by molar-refractivity contribution is 0.459. The quantitative estimate of drug-likeness (QED) is 0.328. The predicted molar refractivity (Wildman–Crippen MR) is 138 cm³/mol. The van der Waals surface area contributed by atoms with Crippen molar-refractivity contribution in [3.63, 3.8) is 0 Å². The van der Waals surface area contributed by atoms with Gasteiger partial charge in [-0.3, -0.25) is 13.8 Å². The summed E-state index contributed by atoms with van der Waals surface area (Å²) in [5.41, 5.74) is 2.76. The van der Waals surface area contributed by atoms with Crippen LogP contribution in [0.1, 0.15) is 36.4 Å². The van der Waals surface area contributed by atoms with E-state index in [-0.39, 0.29) is 17.3 Å². The Labute approximate surface area is 211 Å². The molecule has 2 saturated carbocycles. The number of hydrogen-bond donors (Lipinski definition) is 3. The van der Waals surface area contributed by atoms with Crippen molar-refractivity contribution in [2.24, 2.45) is 0 Å². The van der Waals surface area contributed by atoms with E-state index in [0.29, 0.717) is 40.3 Å². The normalized spacial score (nSPS) is 18.8. The van der Waals surface area contributed by atoms with Crippen molar-refractivity contribution in [2.75, 3.05) is 17.7 Å². The molecule has 0 bridgehead atoms. The first-order chi connectivity index (χ1) is 17.4. The summed E-state index contributed by atoms with van der Waals surface area (Å²) >= 11 is 6.36. The van der Waals surface area contributed by atoms with Gasteiger partial charge in [0.15, 0.2) is 5.82 Å². The highest BCUT2D eigenvalue weighted by atomic mass is 35.5. The van der Waals surface area contributed by atoms with Gasteiger partial charge in [-0.25, -0.2) is 9.37 Å². The Bertz CT molecular complexity index is 1540. The molecule has 4 heterocycles. The number of halogens is 2. The van der Waals surface area contributed by atoms with Gasteiger partial charge in [0.2, 0.25) is 0 Å². The molecule has 2 aliphatic carbocycles. The van der Waals surface area contributed by atoms with Gasteiger partial charge in [-0.05, 0) is 37.1 Å². The van der Waals surface area contributed by atoms with Gasteiger partial charge < -0.3 is 16.0 Å². The lowest BCUT2D eigenvalue weighted by atomic mass is 10.2. The molecule has 0 unspecified atom stereocenters. The second-order valence-corrected chi connectivity index (χ2v) is 9.58. The standard InChI is InChI=1S/C25H24ClFN8O/c1-13(29-19-10-17(19)27)16-7-8-34-23(28-2)11-21(31-24(16)34)30-20-9-15(26)12-35(25(20)36)22-6-5-18(32-33-22)14-3-4-14/h5-9,11-12,14,17,19,28-29H,1,3-4,10H2,2H3,(H,30,31)/t17-,19+/m1/s1. The highest BCUT2D eigenvalue weighted by Crippen LogP contribution is 2.38. The summed E-state index contributed by atoms with van der Waals surface area (Å²) in [5.74, 6) is 2.02. The van der Waals surface area contributed by atoms with Crippen LogP contribution >= 0.6 is 11.6 Å². The van der Waals surface area contributed by atoms with E-state index in [0.717, 1.165) is 29.9 Å². The van der Waals surface area contributed by atoms with Crippen LogP contribution in [0.3, 0.4) is 0 Å². The fourth-order valence-corrected chi connectivity index (χ4v) is 4.40. The number of rotatable bonds is 8. The van der Waals surface area contributed by atoms with E-state index >= 15 is 0 Å². The van der Waals surface area contributed by atoms with Crippen molar-refractivity contribution < 1.29 is 4.39 Å². The molecular formula is C25H24ClFN8O. The van der Waals surface area contributed by atoms with Crippen molar-refractivity contribution in [1.82, 2.24) is 29.5 Å². The number of pyridine rings is 1. The fourth-order valence-electron chi connectivity index (χ4n) is 4.19. The Morgan fingerprint density at radius 1 is 1.22 bits per heavy atom. The van der Waals surface area contributed by atoms with Crippen molar-refractivity contribution in [2.45, 2.75) is 37.4 Å². The zero-order chi connectivity index (χ0) is 25.0. The van der Waals surface area contributed by atoms with Gasteiger partial charge >= 0.3 is 0 Å². The van der Waals surface area contributed by atoms with Crippen LogP contribution in [0.2, 0.25) is 5.02 Å². The Kier molecular flexibility index (Phi) is 5.40. The van der Waals surface area contributed by atoms with Crippen LogP contribution in [-0.4, -0.2) is 43.4 Å². The molecule has 3 N–H and O–H groups in total. The minimum Gasteiger partial charge on any atom is -0.379 e. The molecule has 9 nitrogen and oxygen atoms in total. The average Bonchev–Trinajstić information content (AvgIpc) is 3.79. The van der Waals surface area contributed by atoms with Gasteiger partial charge in [0.1, 0.15) is 29.1 Å². The second-order valence-electron chi connectivity index (χ2n) is 9.14. The van der Waals surface area contributed by atoms with E-state index in [9.17, 15) is 9.18 Å². The number of alkyl halides is 1. The molecule has 184 valence electrons. The van der Waals surface area contributed by atoms with Gasteiger partial charge in [0.25, 0.3) is 5.56 Å². The first-order valence-electron chi connectivity index (χ1n) is 11.7. The Morgan fingerprint density at radius 3 is 2.69 bits per heavy atom. The smallest absolute Gasteiger partial charge is 0.280 e. The molecule has 6 rings (SSSR count). The molecule has 4 aromatic heterocycles. The average molecular weight is 507 g/mol. The molecule has 0 spiro atoms. The zero-order valence-corrected chi connectivity index (χ0v) is 20.3. The van der Waals surface area contributed by atoms with Crippen molar-refractivity contribution in [3.8, 4) is 5.82 Å². The SMILES string of the molecule is C=C(N[C@H]1C[C@H]1F)c1ccn2c(NC)cc(Nc3cc(Cl)cn(-c4ccc(C5CC5)nn4)c3=O)nc12. The molecule has 2 aliphatic rings. The summed E-state index contributed by atoms with van der Waals surface area (Å²) in [5, 5.41) is 18.2. The summed E-state index contributed by atoms with van der Waals surface area (Å²) in [6.07, 6.45) is 5.23. The lowest BCUT2D eigenvalue weighted by Gasteiger charge is -2.13. The van der Waals surface area contributed by atoms with Crippen molar-refractivity contribution >= 4 is 40.3 Å². The third-order valence-corrected chi connectivity index (χ3v) is 6.64. The minimum absolute atomic E-state index is 0.219. The third-order valence-electron chi connectivity index (χ3n) is 6.43. The molecule has 0 saturated heterocycles. The highest BCUT2D eigenvalue weighted by Gasteiger charge is 2.37. The van der Waals surface area contributed by atoms with Gasteiger partial charge in [-0.1, -0.05) is 18.2 Å². The maximum Gasteiger partial charge on any atom is 0.280 e. The number of nitrogens with one attached hydrogen (secondary N) is 3. The van der Waals surface area contributed by atoms with E-state index in [1.54, 1.807) is 25.2 Å². The fraction of sp³-hybridized carbons (Fsp3) is 0.280. The summed E-state index contributed by atoms with van der Waals surface area (Å²) < 4.78 is 16.6. The van der Waals surface area contributed by atoms with E-state index in [1.807, 2.05) is 22.7 Å². The first-order valence-corrected chi connectivity index (χ1v) is 12.1. The first kappa shape index (κ1) is 22.5. The molecule has 11 heteroatoms. The molecule has 0 aromatic carbocycles. The van der Waals surface area contributed by atoms with Gasteiger partial charge in [0.05, 0.1) is 16.8 Å². The monoisotopic (exact) mass is 506 g/mol. The number of aromatic nitrogens is 5. The Balaban J connectivity index is 1.35. The topological polar surface area (TPSA) is 101 Å². The highest BCUT2D eigenvalue weighted by molar-refractivity contribution is 6.30. The maximum absolute atomic E-state index is 13.4. The largest absolute Gasteiger partial charge is 0.379 e. The lowest BCUT2D eigenvalue weighted by Crippen LogP contribution is -2.22. The molecule has 0 aliphatic heterocycles. The molecule has 36 heavy (non-hydrogen) atoms. The van der Waals surface area contributed by atoms with Gasteiger partial charge in [-0.2, -0.15) is 5.10 Å². The predicted octanol–water partition coefficient (Wildman–Crippen LogP) is 4.26. The van der Waals surface area contributed by atoms with E-state index in [2.05, 4.69) is 32.7 Å². The maximum atomic E-state index is 13.4. The second kappa shape index (κ2) is 8.63. The van der Waals surface area contributed by atoms with E-state index in [4.69, 9.17) is 16.6 Å². The van der Waals surface area contributed by atoms with Crippen LogP contribution in [0, 0.1) is 0 Å². The molecule has 0 radical (unpaired) electrons. The summed E-state index contributed by atoms with van der Waals surface area (Å²) in [7, 11) is 1.79. The minimum atomic E-state index is -0.853. The van der Waals surface area contributed by atoms with Crippen LogP contribution in [-0.2, 0) is 0 Å². The molecular weight excluding hydrogens is 483 g/mol. The zero-order valence-electron chi connectivity index (χ0n) is 19.5. The van der Waals surface area contributed by atoms with Crippen LogP contribution < -0.4 is 21.5 Å². The molecule has 2 fully saturated rings. The van der Waals surface area contributed by atoms with Crippen LogP contribution in [0.5, 0.6) is 0 Å². The molecule has 4 aromatic rings. The van der Waals surface area contributed by atoms with Crippen LogP contribution in [0.4, 0.5) is 21.7 Å².